The minimum atomic E-state index is -0.457. The topological polar surface area (TPSA) is 102 Å². The van der Waals surface area contributed by atoms with Crippen molar-refractivity contribution in [3.8, 4) is 11.5 Å². The Labute approximate surface area is 234 Å². The van der Waals surface area contributed by atoms with Gasteiger partial charge in [0.15, 0.2) is 11.5 Å². The van der Waals surface area contributed by atoms with Gasteiger partial charge in [-0.05, 0) is 30.5 Å². The molecule has 0 unspecified atom stereocenters. The first-order valence-corrected chi connectivity index (χ1v) is 14.3. The van der Waals surface area contributed by atoms with Crippen LogP contribution >= 0.6 is 0 Å². The Morgan fingerprint density at radius 1 is 0.718 bits per heavy atom. The SMILES string of the molecule is C=CC(=O)OCCOCCOCCOCCOCCOCCOc1ccc(CCCCCCCCC)cc1O. The van der Waals surface area contributed by atoms with E-state index in [-0.39, 0.29) is 12.4 Å². The largest absolute Gasteiger partial charge is 0.504 e. The van der Waals surface area contributed by atoms with E-state index in [1.54, 1.807) is 6.07 Å². The number of benzene rings is 1. The summed E-state index contributed by atoms with van der Waals surface area (Å²) < 4.78 is 37.5. The van der Waals surface area contributed by atoms with Crippen LogP contribution in [0.2, 0.25) is 0 Å². The van der Waals surface area contributed by atoms with Crippen molar-refractivity contribution >= 4 is 5.97 Å². The fourth-order valence-corrected chi connectivity index (χ4v) is 3.58. The Morgan fingerprint density at radius 2 is 1.21 bits per heavy atom. The van der Waals surface area contributed by atoms with Gasteiger partial charge in [0.05, 0.1) is 66.1 Å². The summed E-state index contributed by atoms with van der Waals surface area (Å²) >= 11 is 0. The molecule has 224 valence electrons. The fraction of sp³-hybridized carbons (Fsp3) is 0.700. The van der Waals surface area contributed by atoms with Gasteiger partial charge in [-0.25, -0.2) is 4.79 Å². The van der Waals surface area contributed by atoms with Crippen LogP contribution in [0.3, 0.4) is 0 Å². The number of esters is 1. The van der Waals surface area contributed by atoms with Gasteiger partial charge in [-0.1, -0.05) is 58.1 Å². The van der Waals surface area contributed by atoms with E-state index in [0.29, 0.717) is 78.4 Å². The maximum absolute atomic E-state index is 10.8. The highest BCUT2D eigenvalue weighted by atomic mass is 16.6. The first-order chi connectivity index (χ1) is 19.2. The molecule has 0 bridgehead atoms. The molecule has 0 aliphatic rings. The highest BCUT2D eigenvalue weighted by Crippen LogP contribution is 2.27. The van der Waals surface area contributed by atoms with E-state index in [2.05, 4.69) is 13.5 Å². The lowest BCUT2D eigenvalue weighted by Crippen LogP contribution is -2.15. The number of hydrogen-bond donors (Lipinski definition) is 1. The average molecular weight is 555 g/mol. The van der Waals surface area contributed by atoms with Crippen LogP contribution in [0.15, 0.2) is 30.9 Å². The lowest BCUT2D eigenvalue weighted by Gasteiger charge is -2.10. The zero-order valence-corrected chi connectivity index (χ0v) is 23.9. The van der Waals surface area contributed by atoms with E-state index in [1.165, 1.54) is 38.5 Å². The minimum Gasteiger partial charge on any atom is -0.504 e. The Hall–Kier alpha value is -2.17. The molecule has 39 heavy (non-hydrogen) atoms. The minimum absolute atomic E-state index is 0.182. The number of rotatable bonds is 28. The molecule has 9 heteroatoms. The van der Waals surface area contributed by atoms with Gasteiger partial charge in [0.25, 0.3) is 0 Å². The van der Waals surface area contributed by atoms with E-state index < -0.39 is 5.97 Å². The molecule has 1 aromatic rings. The molecule has 0 saturated heterocycles. The predicted octanol–water partition coefficient (Wildman–Crippen LogP) is 4.88. The summed E-state index contributed by atoms with van der Waals surface area (Å²) in [5, 5.41) is 10.2. The van der Waals surface area contributed by atoms with Gasteiger partial charge in [-0.3, -0.25) is 0 Å². The summed E-state index contributed by atoms with van der Waals surface area (Å²) in [6, 6.07) is 5.66. The number of phenols is 1. The Bertz CT molecular complexity index is 726. The van der Waals surface area contributed by atoms with E-state index in [0.717, 1.165) is 24.5 Å². The molecule has 1 rings (SSSR count). The maximum atomic E-state index is 10.8. The van der Waals surface area contributed by atoms with Gasteiger partial charge in [-0.2, -0.15) is 0 Å². The molecule has 0 spiro atoms. The second-order valence-electron chi connectivity index (χ2n) is 8.96. The molecule has 0 aliphatic carbocycles. The van der Waals surface area contributed by atoms with Crippen LogP contribution in [-0.2, 0) is 39.6 Å². The molecule has 1 N–H and O–H groups in total. The molecule has 0 atom stereocenters. The van der Waals surface area contributed by atoms with Crippen LogP contribution in [0.25, 0.3) is 0 Å². The number of unbranched alkanes of at least 4 members (excludes halogenated alkanes) is 6. The summed E-state index contributed by atoms with van der Waals surface area (Å²) in [6.07, 6.45) is 11.1. The summed E-state index contributed by atoms with van der Waals surface area (Å²) in [5.74, 6) is 0.209. The van der Waals surface area contributed by atoms with Crippen molar-refractivity contribution < 1.29 is 43.1 Å². The van der Waals surface area contributed by atoms with Gasteiger partial charge in [-0.15, -0.1) is 0 Å². The third-order valence-electron chi connectivity index (χ3n) is 5.70. The second kappa shape index (κ2) is 26.1. The number of aryl methyl sites for hydroxylation is 1. The normalized spacial score (nSPS) is 11.0. The number of hydrogen-bond acceptors (Lipinski definition) is 9. The molecule has 0 amide bonds. The quantitative estimate of drug-likeness (QED) is 0.0882. The molecular weight excluding hydrogens is 504 g/mol. The summed E-state index contributed by atoms with van der Waals surface area (Å²) in [4.78, 5) is 10.8. The van der Waals surface area contributed by atoms with Crippen molar-refractivity contribution in [2.45, 2.75) is 58.3 Å². The van der Waals surface area contributed by atoms with Gasteiger partial charge in [0, 0.05) is 6.08 Å². The average Bonchev–Trinajstić information content (AvgIpc) is 2.94. The van der Waals surface area contributed by atoms with Crippen LogP contribution in [0.5, 0.6) is 11.5 Å². The maximum Gasteiger partial charge on any atom is 0.330 e. The van der Waals surface area contributed by atoms with Crippen molar-refractivity contribution in [2.75, 3.05) is 79.3 Å². The molecule has 0 radical (unpaired) electrons. The highest BCUT2D eigenvalue weighted by molar-refractivity contribution is 5.81. The van der Waals surface area contributed by atoms with Gasteiger partial charge in [0.2, 0.25) is 0 Å². The standard InChI is InChI=1S/C30H50O9/c1-3-5-6-7-8-9-10-11-27-12-13-29(28(31)26-27)38-24-22-36-20-18-34-16-14-33-15-17-35-19-21-37-23-25-39-30(32)4-2/h4,12-13,26,31H,2-3,5-11,14-25H2,1H3. The highest BCUT2D eigenvalue weighted by Gasteiger charge is 2.04. The first-order valence-electron chi connectivity index (χ1n) is 14.3. The van der Waals surface area contributed by atoms with Crippen LogP contribution in [0.1, 0.15) is 57.4 Å². The van der Waals surface area contributed by atoms with Crippen molar-refractivity contribution in [1.82, 2.24) is 0 Å². The molecule has 0 aliphatic heterocycles. The summed E-state index contributed by atoms with van der Waals surface area (Å²) in [5.41, 5.74) is 1.14. The van der Waals surface area contributed by atoms with Gasteiger partial charge in [0.1, 0.15) is 13.2 Å². The van der Waals surface area contributed by atoms with Crippen LogP contribution < -0.4 is 4.74 Å². The summed E-state index contributed by atoms with van der Waals surface area (Å²) in [7, 11) is 0. The van der Waals surface area contributed by atoms with Crippen molar-refractivity contribution in [2.24, 2.45) is 0 Å². The Balaban J connectivity index is 1.86. The zero-order chi connectivity index (χ0) is 28.2. The van der Waals surface area contributed by atoms with Crippen LogP contribution in [0, 0.1) is 0 Å². The molecular formula is C30H50O9. The second-order valence-corrected chi connectivity index (χ2v) is 8.96. The van der Waals surface area contributed by atoms with Crippen LogP contribution in [-0.4, -0.2) is 90.4 Å². The van der Waals surface area contributed by atoms with E-state index in [9.17, 15) is 9.90 Å². The monoisotopic (exact) mass is 554 g/mol. The van der Waals surface area contributed by atoms with E-state index >= 15 is 0 Å². The summed E-state index contributed by atoms with van der Waals surface area (Å²) in [6.45, 7) is 10.5. The molecule has 9 nitrogen and oxygen atoms in total. The lowest BCUT2D eigenvalue weighted by atomic mass is 10.0. The first kappa shape index (κ1) is 34.9. The Kier molecular flexibility index (Phi) is 23.3. The van der Waals surface area contributed by atoms with Crippen molar-refractivity contribution in [3.05, 3.63) is 36.4 Å². The number of phenolic OH excluding ortho intramolecular Hbond substituents is 1. The van der Waals surface area contributed by atoms with Gasteiger partial charge >= 0.3 is 5.97 Å². The third-order valence-corrected chi connectivity index (χ3v) is 5.70. The number of ether oxygens (including phenoxy) is 7. The number of carbonyl (C=O) groups excluding carboxylic acids is 1. The number of carbonyl (C=O) groups is 1. The predicted molar refractivity (Wildman–Crippen MR) is 151 cm³/mol. The molecule has 0 aromatic heterocycles. The van der Waals surface area contributed by atoms with Crippen LogP contribution in [0.4, 0.5) is 0 Å². The zero-order valence-electron chi connectivity index (χ0n) is 23.9. The van der Waals surface area contributed by atoms with Crippen molar-refractivity contribution in [3.63, 3.8) is 0 Å². The molecule has 1 aromatic carbocycles. The van der Waals surface area contributed by atoms with E-state index in [4.69, 9.17) is 33.2 Å². The van der Waals surface area contributed by atoms with Crippen molar-refractivity contribution in [1.29, 1.82) is 0 Å². The Morgan fingerprint density at radius 3 is 1.72 bits per heavy atom. The molecule has 0 saturated carbocycles. The molecule has 0 fully saturated rings. The number of aromatic hydroxyl groups is 1. The fourth-order valence-electron chi connectivity index (χ4n) is 3.58. The lowest BCUT2D eigenvalue weighted by molar-refractivity contribution is -0.139. The molecule has 0 heterocycles. The smallest absolute Gasteiger partial charge is 0.330 e. The third kappa shape index (κ3) is 21.3. The van der Waals surface area contributed by atoms with E-state index in [1.807, 2.05) is 12.1 Å². The van der Waals surface area contributed by atoms with Gasteiger partial charge < -0.3 is 38.3 Å².